The van der Waals surface area contributed by atoms with Crippen molar-refractivity contribution in [2.45, 2.75) is 47.0 Å². The summed E-state index contributed by atoms with van der Waals surface area (Å²) in [6, 6.07) is 6.84. The van der Waals surface area contributed by atoms with Gasteiger partial charge in [-0.15, -0.1) is 0 Å². The lowest BCUT2D eigenvalue weighted by Crippen LogP contribution is -2.14. The molecule has 0 unspecified atom stereocenters. The van der Waals surface area contributed by atoms with Gasteiger partial charge in [0.15, 0.2) is 0 Å². The summed E-state index contributed by atoms with van der Waals surface area (Å²) < 4.78 is 0. The maximum Gasteiger partial charge on any atom is -0.0225 e. The van der Waals surface area contributed by atoms with Crippen molar-refractivity contribution in [3.05, 3.63) is 41.0 Å². The highest BCUT2D eigenvalue weighted by atomic mass is 14.3. The highest BCUT2D eigenvalue weighted by Gasteiger charge is 2.21. The number of hydrogen-bond donors (Lipinski definition) is 0. The third-order valence-corrected chi connectivity index (χ3v) is 3.85. The molecule has 0 bridgehead atoms. The van der Waals surface area contributed by atoms with E-state index in [0.29, 0.717) is 5.41 Å². The van der Waals surface area contributed by atoms with Crippen LogP contribution >= 0.6 is 0 Å². The Hall–Kier alpha value is -1.04. The molecule has 86 valence electrons. The Morgan fingerprint density at radius 3 is 2.38 bits per heavy atom. The minimum absolute atomic E-state index is 0.503. The van der Waals surface area contributed by atoms with Crippen molar-refractivity contribution in [1.29, 1.82) is 0 Å². The quantitative estimate of drug-likeness (QED) is 0.624. The summed E-state index contributed by atoms with van der Waals surface area (Å²) in [4.78, 5) is 0. The predicted octanol–water partition coefficient (Wildman–Crippen LogP) is 4.90. The van der Waals surface area contributed by atoms with Gasteiger partial charge in [-0.3, -0.25) is 0 Å². The Labute approximate surface area is 99.4 Å². The van der Waals surface area contributed by atoms with Crippen molar-refractivity contribution in [3.8, 4) is 0 Å². The van der Waals surface area contributed by atoms with Crippen molar-refractivity contribution in [2.24, 2.45) is 5.41 Å². The fourth-order valence-corrected chi connectivity index (χ4v) is 2.28. The SMILES string of the molecule is Cc1ccc(C2=CCC(C)(C)CC2)cc1C. The van der Waals surface area contributed by atoms with Gasteiger partial charge in [0.2, 0.25) is 0 Å². The van der Waals surface area contributed by atoms with Gasteiger partial charge in [-0.05, 0) is 60.8 Å². The minimum Gasteiger partial charge on any atom is -0.0802 e. The van der Waals surface area contributed by atoms with Gasteiger partial charge in [0.1, 0.15) is 0 Å². The topological polar surface area (TPSA) is 0 Å². The summed E-state index contributed by atoms with van der Waals surface area (Å²) in [6.07, 6.45) is 6.20. The zero-order valence-corrected chi connectivity index (χ0v) is 10.9. The standard InChI is InChI=1S/C16H22/c1-12-5-6-15(11-13(12)2)14-7-9-16(3,4)10-8-14/h5-7,11H,8-10H2,1-4H3. The van der Waals surface area contributed by atoms with Crippen LogP contribution in [-0.4, -0.2) is 0 Å². The highest BCUT2D eigenvalue weighted by molar-refractivity contribution is 5.67. The lowest BCUT2D eigenvalue weighted by atomic mass is 9.77. The van der Waals surface area contributed by atoms with Crippen LogP contribution in [0.25, 0.3) is 5.57 Å². The van der Waals surface area contributed by atoms with E-state index in [1.54, 1.807) is 5.57 Å². The molecule has 0 spiro atoms. The summed E-state index contributed by atoms with van der Waals surface area (Å²) >= 11 is 0. The average molecular weight is 214 g/mol. The number of allylic oxidation sites excluding steroid dienone is 2. The van der Waals surface area contributed by atoms with Crippen LogP contribution in [0.2, 0.25) is 0 Å². The molecule has 1 aromatic carbocycles. The molecule has 16 heavy (non-hydrogen) atoms. The Kier molecular flexibility index (Phi) is 2.92. The van der Waals surface area contributed by atoms with Crippen LogP contribution < -0.4 is 0 Å². The molecule has 1 aromatic rings. The van der Waals surface area contributed by atoms with Gasteiger partial charge in [-0.2, -0.15) is 0 Å². The number of hydrogen-bond acceptors (Lipinski definition) is 0. The zero-order chi connectivity index (χ0) is 11.8. The van der Waals surface area contributed by atoms with Gasteiger partial charge in [0, 0.05) is 0 Å². The predicted molar refractivity (Wildman–Crippen MR) is 71.5 cm³/mol. The Morgan fingerprint density at radius 2 is 1.81 bits per heavy atom. The van der Waals surface area contributed by atoms with Gasteiger partial charge in [-0.25, -0.2) is 0 Å². The molecule has 0 fully saturated rings. The van der Waals surface area contributed by atoms with Crippen LogP contribution in [0, 0.1) is 19.3 Å². The second-order valence-corrected chi connectivity index (χ2v) is 5.90. The van der Waals surface area contributed by atoms with E-state index in [2.05, 4.69) is 52.0 Å². The summed E-state index contributed by atoms with van der Waals surface area (Å²) in [7, 11) is 0. The molecule has 0 nitrogen and oxygen atoms in total. The molecule has 0 N–H and O–H groups in total. The van der Waals surface area contributed by atoms with E-state index in [4.69, 9.17) is 0 Å². The molecule has 0 heterocycles. The Bertz CT molecular complexity index is 422. The van der Waals surface area contributed by atoms with Crippen molar-refractivity contribution in [1.82, 2.24) is 0 Å². The second kappa shape index (κ2) is 4.08. The van der Waals surface area contributed by atoms with E-state index in [1.165, 1.54) is 36.0 Å². The molecular formula is C16H22. The smallest absolute Gasteiger partial charge is 0.0225 e. The van der Waals surface area contributed by atoms with E-state index >= 15 is 0 Å². The molecule has 1 aliphatic rings. The molecule has 0 saturated heterocycles. The third-order valence-electron chi connectivity index (χ3n) is 3.85. The second-order valence-electron chi connectivity index (χ2n) is 5.90. The molecule has 0 radical (unpaired) electrons. The summed E-state index contributed by atoms with van der Waals surface area (Å²) in [5, 5.41) is 0. The first-order chi connectivity index (χ1) is 7.48. The lowest BCUT2D eigenvalue weighted by molar-refractivity contribution is 0.335. The lowest BCUT2D eigenvalue weighted by Gasteiger charge is -2.28. The van der Waals surface area contributed by atoms with Gasteiger partial charge < -0.3 is 0 Å². The monoisotopic (exact) mass is 214 g/mol. The van der Waals surface area contributed by atoms with Gasteiger partial charge in [0.25, 0.3) is 0 Å². The van der Waals surface area contributed by atoms with Crippen LogP contribution in [0.1, 0.15) is 49.8 Å². The van der Waals surface area contributed by atoms with Crippen LogP contribution in [0.15, 0.2) is 24.3 Å². The summed E-state index contributed by atoms with van der Waals surface area (Å²) in [5.74, 6) is 0. The van der Waals surface area contributed by atoms with Gasteiger partial charge in [0.05, 0.1) is 0 Å². The normalized spacial score (nSPS) is 19.4. The van der Waals surface area contributed by atoms with Crippen molar-refractivity contribution >= 4 is 5.57 Å². The minimum atomic E-state index is 0.503. The zero-order valence-electron chi connectivity index (χ0n) is 10.9. The molecule has 2 rings (SSSR count). The first kappa shape index (κ1) is 11.4. The van der Waals surface area contributed by atoms with E-state index in [9.17, 15) is 0 Å². The van der Waals surface area contributed by atoms with Crippen LogP contribution in [-0.2, 0) is 0 Å². The third kappa shape index (κ3) is 2.37. The van der Waals surface area contributed by atoms with Crippen molar-refractivity contribution < 1.29 is 0 Å². The van der Waals surface area contributed by atoms with Crippen molar-refractivity contribution in [2.75, 3.05) is 0 Å². The van der Waals surface area contributed by atoms with E-state index in [0.717, 1.165) is 0 Å². The summed E-state index contributed by atoms with van der Waals surface area (Å²) in [5.41, 5.74) is 6.27. The number of benzene rings is 1. The highest BCUT2D eigenvalue weighted by Crippen LogP contribution is 2.38. The number of aryl methyl sites for hydroxylation is 2. The first-order valence-electron chi connectivity index (χ1n) is 6.25. The van der Waals surface area contributed by atoms with Crippen LogP contribution in [0.4, 0.5) is 0 Å². The molecule has 0 aromatic heterocycles. The van der Waals surface area contributed by atoms with Crippen LogP contribution in [0.5, 0.6) is 0 Å². The van der Waals surface area contributed by atoms with E-state index in [1.807, 2.05) is 0 Å². The number of rotatable bonds is 1. The summed E-state index contributed by atoms with van der Waals surface area (Å²) in [6.45, 7) is 9.10. The molecule has 0 atom stereocenters. The maximum absolute atomic E-state index is 2.44. The molecule has 0 amide bonds. The molecule has 1 aliphatic carbocycles. The van der Waals surface area contributed by atoms with Gasteiger partial charge >= 0.3 is 0 Å². The maximum atomic E-state index is 2.44. The molecule has 0 heteroatoms. The Morgan fingerprint density at radius 1 is 1.06 bits per heavy atom. The van der Waals surface area contributed by atoms with Gasteiger partial charge in [-0.1, -0.05) is 38.1 Å². The molecular weight excluding hydrogens is 192 g/mol. The molecule has 0 saturated carbocycles. The molecule has 0 aliphatic heterocycles. The average Bonchev–Trinajstić information content (AvgIpc) is 2.22. The first-order valence-corrected chi connectivity index (χ1v) is 6.25. The fraction of sp³-hybridized carbons (Fsp3) is 0.500. The Balaban J connectivity index is 2.26. The largest absolute Gasteiger partial charge is 0.0802 e. The van der Waals surface area contributed by atoms with E-state index < -0.39 is 0 Å². The fourth-order valence-electron chi connectivity index (χ4n) is 2.28. The van der Waals surface area contributed by atoms with Crippen molar-refractivity contribution in [3.63, 3.8) is 0 Å². The van der Waals surface area contributed by atoms with Crippen LogP contribution in [0.3, 0.4) is 0 Å². The van der Waals surface area contributed by atoms with E-state index in [-0.39, 0.29) is 0 Å².